The topological polar surface area (TPSA) is 195 Å². The van der Waals surface area contributed by atoms with Gasteiger partial charge in [0.05, 0.1) is 43.4 Å². The number of amides is 2. The van der Waals surface area contributed by atoms with Crippen LogP contribution in [0.5, 0.6) is 0 Å². The summed E-state index contributed by atoms with van der Waals surface area (Å²) in [6.45, 7) is 1.97. The maximum absolute atomic E-state index is 15.4. The molecule has 0 bridgehead atoms. The van der Waals surface area contributed by atoms with E-state index in [0.29, 0.717) is 33.4 Å². The Morgan fingerprint density at radius 1 is 0.852 bits per heavy atom. The smallest absolute Gasteiger partial charge is 0.338 e. The van der Waals surface area contributed by atoms with Crippen LogP contribution in [0.25, 0.3) is 21.7 Å². The number of H-pyrrole nitrogens is 1. The van der Waals surface area contributed by atoms with Crippen LogP contribution in [0.4, 0.5) is 10.1 Å². The van der Waals surface area contributed by atoms with E-state index in [-0.39, 0.29) is 42.5 Å². The van der Waals surface area contributed by atoms with Crippen LogP contribution in [0, 0.1) is 12.7 Å². The third-order valence-corrected chi connectivity index (χ3v) is 8.72. The minimum atomic E-state index is -1.41. The molecule has 4 aromatic carbocycles. The molecule has 0 aliphatic carbocycles. The van der Waals surface area contributed by atoms with Crippen molar-refractivity contribution in [3.05, 3.63) is 117 Å². The van der Waals surface area contributed by atoms with Crippen molar-refractivity contribution in [2.24, 2.45) is 0 Å². The molecule has 0 saturated carbocycles. The lowest BCUT2D eigenvalue weighted by Crippen LogP contribution is -2.52. The molecule has 0 aliphatic heterocycles. The van der Waals surface area contributed by atoms with E-state index < -0.39 is 47.6 Å². The number of ether oxygens (including phenoxy) is 3. The Bertz CT molecular complexity index is 2310. The van der Waals surface area contributed by atoms with Gasteiger partial charge >= 0.3 is 17.9 Å². The Morgan fingerprint density at radius 2 is 1.61 bits per heavy atom. The molecule has 14 nitrogen and oxygen atoms in total. The van der Waals surface area contributed by atoms with Crippen LogP contribution in [-0.4, -0.2) is 73.1 Å². The van der Waals surface area contributed by atoms with Gasteiger partial charge in [-0.25, -0.2) is 19.0 Å². The highest BCUT2D eigenvalue weighted by Crippen LogP contribution is 2.24. The van der Waals surface area contributed by atoms with Crippen molar-refractivity contribution in [1.82, 2.24) is 20.6 Å². The number of anilines is 1. The van der Waals surface area contributed by atoms with E-state index in [9.17, 15) is 28.8 Å². The number of esters is 3. The van der Waals surface area contributed by atoms with Gasteiger partial charge < -0.3 is 35.1 Å². The van der Waals surface area contributed by atoms with Crippen molar-refractivity contribution in [1.29, 1.82) is 0 Å². The Morgan fingerprint density at radius 3 is 2.33 bits per heavy atom. The molecule has 0 aliphatic rings. The highest BCUT2D eigenvalue weighted by Gasteiger charge is 2.30. The zero-order chi connectivity index (χ0) is 38.9. The van der Waals surface area contributed by atoms with Gasteiger partial charge in [-0.15, -0.1) is 0 Å². The second kappa shape index (κ2) is 17.3. The summed E-state index contributed by atoms with van der Waals surface area (Å²) < 4.78 is 29.8. The molecule has 15 heteroatoms. The van der Waals surface area contributed by atoms with Gasteiger partial charge in [-0.05, 0) is 71.6 Å². The quantitative estimate of drug-likeness (QED) is 0.0734. The number of methoxy groups -OCH3 is 3. The van der Waals surface area contributed by atoms with Crippen LogP contribution in [0.3, 0.4) is 0 Å². The fraction of sp³-hybridized carbons (Fsp3) is 0.256. The van der Waals surface area contributed by atoms with E-state index in [1.165, 1.54) is 25.3 Å². The van der Waals surface area contributed by atoms with E-state index in [1.54, 1.807) is 31.2 Å². The first-order valence-corrected chi connectivity index (χ1v) is 16.8. The molecule has 0 saturated heterocycles. The standard InChI is InChI=1S/C39H38FN5O9/c1-21-42-30-14-11-23-10-9-22(17-28(23)34(30)37(49)43-21)20-41-25-12-13-27(29(40)19-25)35(47)44-31(15-16-33(46)52-2)36(48)45-32(39(51)54-4)18-24-7-5-6-8-26(24)38(50)53-3/h5-14,17,19,31-32,41H,15-16,18,20H2,1-4H3,(H,44,47)(H,45,48)(H,42,43,49)/t31-,32-/m0/s1. The fourth-order valence-corrected chi connectivity index (χ4v) is 5.95. The summed E-state index contributed by atoms with van der Waals surface area (Å²) in [7, 11) is 3.49. The number of halogens is 1. The van der Waals surface area contributed by atoms with Gasteiger partial charge in [-0.1, -0.05) is 36.4 Å². The van der Waals surface area contributed by atoms with E-state index in [2.05, 4.69) is 30.7 Å². The van der Waals surface area contributed by atoms with Gasteiger partial charge in [0, 0.05) is 25.1 Å². The number of carbonyl (C=O) groups is 5. The molecule has 1 heterocycles. The zero-order valence-corrected chi connectivity index (χ0v) is 29.9. The number of nitrogens with one attached hydrogen (secondary N) is 4. The molecule has 2 atom stereocenters. The van der Waals surface area contributed by atoms with Crippen molar-refractivity contribution in [2.45, 2.75) is 44.8 Å². The number of aromatic nitrogens is 2. The van der Waals surface area contributed by atoms with Gasteiger partial charge in [0.2, 0.25) is 5.91 Å². The SMILES string of the molecule is COC(=O)CC[C@H](NC(=O)c1ccc(NCc2ccc3ccc4nc(C)[nH]c(=O)c4c3c2)cc1F)C(=O)N[C@@H](Cc1ccccc1C(=O)OC)C(=O)OC. The molecule has 0 spiro atoms. The molecule has 54 heavy (non-hydrogen) atoms. The Labute approximate surface area is 308 Å². The molecular weight excluding hydrogens is 701 g/mol. The summed E-state index contributed by atoms with van der Waals surface area (Å²) >= 11 is 0. The lowest BCUT2D eigenvalue weighted by atomic mass is 9.99. The zero-order valence-electron chi connectivity index (χ0n) is 29.9. The summed E-state index contributed by atoms with van der Waals surface area (Å²) in [5.41, 5.74) is 1.64. The van der Waals surface area contributed by atoms with E-state index in [0.717, 1.165) is 31.2 Å². The third kappa shape index (κ3) is 9.04. The molecule has 0 unspecified atom stereocenters. The average molecular weight is 740 g/mol. The fourth-order valence-electron chi connectivity index (χ4n) is 5.95. The van der Waals surface area contributed by atoms with E-state index in [4.69, 9.17) is 9.47 Å². The minimum Gasteiger partial charge on any atom is -0.469 e. The van der Waals surface area contributed by atoms with E-state index in [1.807, 2.05) is 24.3 Å². The molecule has 5 rings (SSSR count). The molecule has 1 aromatic heterocycles. The summed E-state index contributed by atoms with van der Waals surface area (Å²) in [4.78, 5) is 83.8. The number of nitrogens with zero attached hydrogens (tertiary/aromatic N) is 1. The maximum atomic E-state index is 15.4. The van der Waals surface area contributed by atoms with E-state index >= 15 is 4.39 Å². The maximum Gasteiger partial charge on any atom is 0.338 e. The molecule has 0 radical (unpaired) electrons. The van der Waals surface area contributed by atoms with Crippen molar-refractivity contribution >= 4 is 57.1 Å². The third-order valence-electron chi connectivity index (χ3n) is 8.72. The predicted molar refractivity (Wildman–Crippen MR) is 196 cm³/mol. The Balaban J connectivity index is 1.30. The molecule has 0 fully saturated rings. The van der Waals surface area contributed by atoms with Crippen LogP contribution >= 0.6 is 0 Å². The second-order valence-corrected chi connectivity index (χ2v) is 12.3. The lowest BCUT2D eigenvalue weighted by molar-refractivity contribution is -0.145. The van der Waals surface area contributed by atoms with Crippen LogP contribution in [0.1, 0.15) is 50.5 Å². The number of hydrogen-bond donors (Lipinski definition) is 4. The number of rotatable bonds is 14. The van der Waals surface area contributed by atoms with Crippen LogP contribution in [-0.2, 0) is 41.6 Å². The molecule has 4 N–H and O–H groups in total. The van der Waals surface area contributed by atoms with Gasteiger partial charge in [-0.3, -0.25) is 19.2 Å². The Hall–Kier alpha value is -6.64. The van der Waals surface area contributed by atoms with Crippen molar-refractivity contribution in [2.75, 3.05) is 26.6 Å². The number of benzene rings is 4. The highest BCUT2D eigenvalue weighted by atomic mass is 19.1. The monoisotopic (exact) mass is 739 g/mol. The first-order valence-electron chi connectivity index (χ1n) is 16.8. The summed E-state index contributed by atoms with van der Waals surface area (Å²) in [5.74, 6) is -4.37. The minimum absolute atomic E-state index is 0.169. The van der Waals surface area contributed by atoms with Gasteiger partial charge in [0.25, 0.3) is 11.5 Å². The first kappa shape index (κ1) is 38.6. The first-order chi connectivity index (χ1) is 25.9. The summed E-state index contributed by atoms with van der Waals surface area (Å²) in [5, 5.41) is 10.1. The summed E-state index contributed by atoms with van der Waals surface area (Å²) in [6.07, 6.45) is -0.709. The van der Waals surface area contributed by atoms with Crippen LogP contribution in [0.15, 0.2) is 77.6 Å². The van der Waals surface area contributed by atoms with Gasteiger partial charge in [0.1, 0.15) is 23.7 Å². The lowest BCUT2D eigenvalue weighted by Gasteiger charge is -2.23. The van der Waals surface area contributed by atoms with Gasteiger partial charge in [0.15, 0.2) is 0 Å². The summed E-state index contributed by atoms with van der Waals surface area (Å²) in [6, 6.07) is 16.7. The molecular formula is C39H38FN5O9. The molecule has 280 valence electrons. The van der Waals surface area contributed by atoms with Crippen molar-refractivity contribution < 1.29 is 42.6 Å². The van der Waals surface area contributed by atoms with Crippen molar-refractivity contribution in [3.8, 4) is 0 Å². The number of aromatic amines is 1. The number of fused-ring (bicyclic) bond motifs is 3. The molecule has 5 aromatic rings. The predicted octanol–water partition coefficient (Wildman–Crippen LogP) is 3.87. The second-order valence-electron chi connectivity index (χ2n) is 12.3. The normalized spacial score (nSPS) is 12.0. The molecule has 2 amide bonds. The largest absolute Gasteiger partial charge is 0.469 e. The number of hydrogen-bond acceptors (Lipinski definition) is 11. The number of aryl methyl sites for hydroxylation is 1. The number of carbonyl (C=O) groups excluding carboxylic acids is 5. The van der Waals surface area contributed by atoms with Crippen molar-refractivity contribution in [3.63, 3.8) is 0 Å². The van der Waals surface area contributed by atoms with Crippen LogP contribution in [0.2, 0.25) is 0 Å². The highest BCUT2D eigenvalue weighted by molar-refractivity contribution is 6.06. The Kier molecular flexibility index (Phi) is 12.3. The van der Waals surface area contributed by atoms with Gasteiger partial charge in [-0.2, -0.15) is 0 Å². The average Bonchev–Trinajstić information content (AvgIpc) is 3.17. The van der Waals surface area contributed by atoms with Crippen LogP contribution < -0.4 is 21.5 Å².